The first kappa shape index (κ1) is 21.7. The van der Waals surface area contributed by atoms with E-state index < -0.39 is 0 Å². The maximum atomic E-state index is 13.3. The predicted octanol–water partition coefficient (Wildman–Crippen LogP) is 7.55. The van der Waals surface area contributed by atoms with E-state index in [1.54, 1.807) is 6.07 Å². The van der Waals surface area contributed by atoms with Crippen molar-refractivity contribution < 1.29 is 10.6 Å². The van der Waals surface area contributed by atoms with Crippen LogP contribution in [0.25, 0.3) is 22.0 Å². The van der Waals surface area contributed by atoms with Crippen LogP contribution in [0.1, 0.15) is 54.3 Å². The molecule has 0 radical (unpaired) electrons. The van der Waals surface area contributed by atoms with E-state index in [0.717, 1.165) is 54.1 Å². The van der Waals surface area contributed by atoms with Crippen LogP contribution in [-0.2, 0) is 0 Å². The van der Waals surface area contributed by atoms with Gasteiger partial charge in [-0.1, -0.05) is 39.7 Å². The zero-order valence-corrected chi connectivity index (χ0v) is 17.2. The summed E-state index contributed by atoms with van der Waals surface area (Å²) in [4.78, 5) is 7.59. The molecule has 0 amide bonds. The Balaban J connectivity index is 0.00000136. The third-order valence-corrected chi connectivity index (χ3v) is 4.55. The van der Waals surface area contributed by atoms with Crippen LogP contribution in [0.15, 0.2) is 55.4 Å². The monoisotopic (exact) mass is 384 g/mol. The number of aromatic nitrogens is 2. The number of nitrogens with zero attached hydrogens (tertiary/aromatic N) is 1. The lowest BCUT2D eigenvalue weighted by Gasteiger charge is -2.17. The highest BCUT2D eigenvalue weighted by Gasteiger charge is 2.12. The molecule has 0 aliphatic heterocycles. The van der Waals surface area contributed by atoms with Crippen LogP contribution in [0.2, 0.25) is 0 Å². The van der Waals surface area contributed by atoms with Gasteiger partial charge in [-0.3, -0.25) is 0 Å². The van der Waals surface area contributed by atoms with E-state index in [9.17, 15) is 4.39 Å². The molecule has 2 aromatic heterocycles. The number of hydrogen-bond donors (Lipinski definition) is 1. The van der Waals surface area contributed by atoms with E-state index in [4.69, 9.17) is 4.74 Å². The molecule has 152 valence electrons. The summed E-state index contributed by atoms with van der Waals surface area (Å²) in [6.45, 7) is 9.98. The van der Waals surface area contributed by atoms with Gasteiger partial charge in [-0.05, 0) is 43.5 Å². The van der Waals surface area contributed by atoms with Crippen molar-refractivity contribution >= 4 is 10.9 Å². The van der Waals surface area contributed by atoms with Crippen molar-refractivity contribution in [3.8, 4) is 17.0 Å². The number of allylic oxidation sites excluding steroid dienone is 1. The number of aromatic amines is 1. The zero-order valence-electron chi connectivity index (χ0n) is 17.2. The molecule has 3 nitrogen and oxygen atoms in total. The van der Waals surface area contributed by atoms with E-state index in [1.807, 2.05) is 44.4 Å². The number of nitrogens with one attached hydrogen (secondary N) is 1. The summed E-state index contributed by atoms with van der Waals surface area (Å²) in [7, 11) is 0. The van der Waals surface area contributed by atoms with Crippen LogP contribution in [-0.4, -0.2) is 16.1 Å². The van der Waals surface area contributed by atoms with Gasteiger partial charge in [0.05, 0.1) is 0 Å². The number of benzene rings is 1. The molecule has 3 rings (SSSR count). The number of hydrogen-bond acceptors (Lipinski definition) is 2. The van der Waals surface area contributed by atoms with Gasteiger partial charge in [0.25, 0.3) is 0 Å². The van der Waals surface area contributed by atoms with Gasteiger partial charge in [-0.15, -0.1) is 6.58 Å². The highest BCUT2D eigenvalue weighted by molar-refractivity contribution is 5.95. The number of rotatable bonds is 9. The Morgan fingerprint density at radius 2 is 2.07 bits per heavy atom. The Morgan fingerprint density at radius 3 is 2.75 bits per heavy atom. The Morgan fingerprint density at radius 1 is 1.25 bits per heavy atom. The molecular weight excluding hydrogens is 351 g/mol. The van der Waals surface area contributed by atoms with Crippen LogP contribution in [0.3, 0.4) is 0 Å². The largest absolute Gasteiger partial charge is 0.474 e. The summed E-state index contributed by atoms with van der Waals surface area (Å²) in [6, 6.07) is 8.67. The second kappa shape index (κ2) is 11.3. The number of ether oxygens (including phenoxy) is 1. The molecule has 2 heterocycles. The van der Waals surface area contributed by atoms with Gasteiger partial charge in [0.1, 0.15) is 11.9 Å². The van der Waals surface area contributed by atoms with Crippen LogP contribution >= 0.6 is 0 Å². The number of fused-ring (bicyclic) bond motifs is 1. The zero-order chi connectivity index (χ0) is 20.4. The molecule has 0 bridgehead atoms. The van der Waals surface area contributed by atoms with Crippen molar-refractivity contribution in [1.29, 1.82) is 0 Å². The van der Waals surface area contributed by atoms with Gasteiger partial charge < -0.3 is 9.72 Å². The fraction of sp³-hybridized carbons (Fsp3) is 0.375. The molecule has 1 aromatic carbocycles. The number of H-pyrrole nitrogens is 1. The number of halogens is 1. The Kier molecular flexibility index (Phi) is 8.73. The number of pyridine rings is 1. The van der Waals surface area contributed by atoms with Crippen LogP contribution in [0.4, 0.5) is 4.39 Å². The minimum atomic E-state index is -0.245. The fourth-order valence-electron chi connectivity index (χ4n) is 3.12. The van der Waals surface area contributed by atoms with Gasteiger partial charge in [0, 0.05) is 41.9 Å². The maximum Gasteiger partial charge on any atom is 0.213 e. The van der Waals surface area contributed by atoms with Crippen molar-refractivity contribution in [2.45, 2.75) is 59.0 Å². The van der Waals surface area contributed by atoms with Crippen LogP contribution in [0, 0.1) is 5.82 Å². The molecule has 0 fully saturated rings. The first-order chi connectivity index (χ1) is 13.7. The molecule has 1 atom stereocenters. The van der Waals surface area contributed by atoms with Gasteiger partial charge in [-0.25, -0.2) is 9.37 Å². The van der Waals surface area contributed by atoms with Gasteiger partial charge in [-0.2, -0.15) is 0 Å². The Hall–Kier alpha value is -2.62. The Bertz CT molecular complexity index is 861. The maximum absolute atomic E-state index is 13.3. The first-order valence-electron chi connectivity index (χ1n) is 10.2. The highest BCUT2D eigenvalue weighted by atomic mass is 19.1. The van der Waals surface area contributed by atoms with Crippen molar-refractivity contribution in [2.24, 2.45) is 0 Å². The van der Waals surface area contributed by atoms with Crippen molar-refractivity contribution in [2.75, 3.05) is 0 Å². The molecule has 0 saturated carbocycles. The topological polar surface area (TPSA) is 37.9 Å². The van der Waals surface area contributed by atoms with E-state index in [1.165, 1.54) is 12.1 Å². The average Bonchev–Trinajstić information content (AvgIpc) is 3.15. The molecule has 28 heavy (non-hydrogen) atoms. The quantitative estimate of drug-likeness (QED) is 0.387. The third-order valence-electron chi connectivity index (χ3n) is 4.55. The first-order valence-corrected chi connectivity index (χ1v) is 10.2. The molecular formula is C24H33FN2O. The third kappa shape index (κ3) is 5.69. The Labute approximate surface area is 169 Å². The summed E-state index contributed by atoms with van der Waals surface area (Å²) in [5.74, 6) is 0.398. The summed E-state index contributed by atoms with van der Waals surface area (Å²) in [5.41, 5.74) is 2.77. The predicted molar refractivity (Wildman–Crippen MR) is 118 cm³/mol. The number of unbranched alkanes of at least 4 members (excludes halogenated alkanes) is 1. The minimum Gasteiger partial charge on any atom is -0.474 e. The van der Waals surface area contributed by atoms with Crippen LogP contribution in [0.5, 0.6) is 5.88 Å². The van der Waals surface area contributed by atoms with E-state index in [-0.39, 0.29) is 13.3 Å². The second-order valence-corrected chi connectivity index (χ2v) is 6.53. The molecule has 3 aromatic rings. The summed E-state index contributed by atoms with van der Waals surface area (Å²) in [6.07, 6.45) is 11.0. The summed E-state index contributed by atoms with van der Waals surface area (Å²) < 4.78 is 19.4. The van der Waals surface area contributed by atoms with Gasteiger partial charge in [0.15, 0.2) is 0 Å². The highest BCUT2D eigenvalue weighted by Crippen LogP contribution is 2.29. The lowest BCUT2D eigenvalue weighted by molar-refractivity contribution is 0.171. The smallest absolute Gasteiger partial charge is 0.213 e. The molecule has 0 saturated heterocycles. The van der Waals surface area contributed by atoms with Gasteiger partial charge in [0.2, 0.25) is 5.88 Å². The van der Waals surface area contributed by atoms with E-state index in [0.29, 0.717) is 5.88 Å². The lowest BCUT2D eigenvalue weighted by Crippen LogP contribution is -2.16. The molecule has 0 aliphatic rings. The van der Waals surface area contributed by atoms with Crippen molar-refractivity contribution in [3.63, 3.8) is 0 Å². The standard InChI is InChI=1S/C22H25FN2O.C2H6.H2/c1-3-5-7-18(8-6-4-2)26-22-12-9-16(14-25-22)20-15-24-21-13-17(23)10-11-19(20)21;1-2;/h3,9-15,18,24H,1,4-8H2,2H3;1-2H3;1H. The van der Waals surface area contributed by atoms with Crippen molar-refractivity contribution in [3.05, 3.63) is 61.2 Å². The summed E-state index contributed by atoms with van der Waals surface area (Å²) in [5, 5.41) is 0.980. The molecule has 0 spiro atoms. The molecule has 1 unspecified atom stereocenters. The fourth-order valence-corrected chi connectivity index (χ4v) is 3.12. The van der Waals surface area contributed by atoms with E-state index in [2.05, 4.69) is 23.5 Å². The average molecular weight is 385 g/mol. The normalized spacial score (nSPS) is 11.6. The molecule has 4 heteroatoms. The lowest BCUT2D eigenvalue weighted by atomic mass is 10.1. The second-order valence-electron chi connectivity index (χ2n) is 6.53. The van der Waals surface area contributed by atoms with Gasteiger partial charge >= 0.3 is 0 Å². The summed E-state index contributed by atoms with van der Waals surface area (Å²) >= 11 is 0. The van der Waals surface area contributed by atoms with Crippen LogP contribution < -0.4 is 4.74 Å². The van der Waals surface area contributed by atoms with Crippen molar-refractivity contribution in [1.82, 2.24) is 9.97 Å². The SMILES string of the molecule is C=CCCC(CCCC)Oc1ccc(-c2c[nH]c3cc(F)ccc23)cn1.CC.[HH]. The molecule has 1 N–H and O–H groups in total. The minimum absolute atomic E-state index is 0. The van der Waals surface area contributed by atoms with E-state index >= 15 is 0 Å². The molecule has 0 aliphatic carbocycles.